The van der Waals surface area contributed by atoms with Gasteiger partial charge in [-0.1, -0.05) is 31.8 Å². The number of carbonyl (C=O) groups is 1. The molecule has 0 atom stereocenters. The average molecular weight is 388 g/mol. The standard InChI is InChI=1S/C18H23F3N2O2S/c1-4-6-7-11-23(10-5-2)17(24)14-9-8-13(26-14)15-12(3)16(25-22-15)18(19,20)21/h8-9H,4-7,10-11H2,1-3H3. The summed E-state index contributed by atoms with van der Waals surface area (Å²) in [6.45, 7) is 6.79. The van der Waals surface area contributed by atoms with Crippen LogP contribution in [0.3, 0.4) is 0 Å². The molecule has 2 rings (SSSR count). The Labute approximate surface area is 155 Å². The monoisotopic (exact) mass is 388 g/mol. The topological polar surface area (TPSA) is 46.3 Å². The first kappa shape index (κ1) is 20.5. The number of hydrogen-bond acceptors (Lipinski definition) is 4. The molecular formula is C18H23F3N2O2S. The summed E-state index contributed by atoms with van der Waals surface area (Å²) in [5, 5.41) is 3.56. The first-order chi connectivity index (χ1) is 12.3. The zero-order valence-corrected chi connectivity index (χ0v) is 16.0. The minimum absolute atomic E-state index is 0.0632. The summed E-state index contributed by atoms with van der Waals surface area (Å²) in [6, 6.07) is 3.27. The number of amides is 1. The number of unbranched alkanes of at least 4 members (excludes halogenated alkanes) is 2. The summed E-state index contributed by atoms with van der Waals surface area (Å²) in [4.78, 5) is 15.5. The molecule has 0 aromatic carbocycles. The van der Waals surface area contributed by atoms with Crippen LogP contribution in [0.2, 0.25) is 0 Å². The van der Waals surface area contributed by atoms with Crippen LogP contribution in [-0.2, 0) is 6.18 Å². The highest BCUT2D eigenvalue weighted by Gasteiger charge is 2.39. The summed E-state index contributed by atoms with van der Waals surface area (Å²) in [5.41, 5.74) is 0.0705. The molecule has 0 fully saturated rings. The fraction of sp³-hybridized carbons (Fsp3) is 0.556. The van der Waals surface area contributed by atoms with Crippen LogP contribution in [0.5, 0.6) is 0 Å². The minimum Gasteiger partial charge on any atom is -0.351 e. The van der Waals surface area contributed by atoms with E-state index < -0.39 is 11.9 Å². The maximum absolute atomic E-state index is 12.9. The summed E-state index contributed by atoms with van der Waals surface area (Å²) >= 11 is 1.14. The molecule has 144 valence electrons. The predicted molar refractivity (Wildman–Crippen MR) is 95.3 cm³/mol. The Kier molecular flexibility index (Phi) is 6.86. The minimum atomic E-state index is -4.58. The second kappa shape index (κ2) is 8.70. The Morgan fingerprint density at radius 3 is 2.50 bits per heavy atom. The molecule has 2 heterocycles. The molecule has 0 spiro atoms. The van der Waals surface area contributed by atoms with E-state index in [2.05, 4.69) is 16.6 Å². The summed E-state index contributed by atoms with van der Waals surface area (Å²) in [6.07, 6.45) is -0.653. The lowest BCUT2D eigenvalue weighted by molar-refractivity contribution is -0.156. The van der Waals surface area contributed by atoms with E-state index in [9.17, 15) is 18.0 Å². The molecule has 0 aliphatic carbocycles. The van der Waals surface area contributed by atoms with Crippen LogP contribution < -0.4 is 0 Å². The number of aromatic nitrogens is 1. The van der Waals surface area contributed by atoms with E-state index in [1.807, 2.05) is 11.8 Å². The molecule has 0 saturated heterocycles. The number of thiophene rings is 1. The van der Waals surface area contributed by atoms with Crippen molar-refractivity contribution in [3.63, 3.8) is 0 Å². The van der Waals surface area contributed by atoms with Crippen LogP contribution in [-0.4, -0.2) is 29.1 Å². The van der Waals surface area contributed by atoms with Crippen LogP contribution in [0, 0.1) is 6.92 Å². The molecule has 2 aromatic rings. The van der Waals surface area contributed by atoms with Gasteiger partial charge in [0.05, 0.1) is 9.75 Å². The normalized spacial score (nSPS) is 11.8. The zero-order chi connectivity index (χ0) is 19.3. The average Bonchev–Trinajstić information content (AvgIpc) is 3.19. The highest BCUT2D eigenvalue weighted by molar-refractivity contribution is 7.17. The fourth-order valence-electron chi connectivity index (χ4n) is 2.70. The van der Waals surface area contributed by atoms with E-state index in [1.165, 1.54) is 6.92 Å². The van der Waals surface area contributed by atoms with Crippen molar-refractivity contribution in [2.24, 2.45) is 0 Å². The maximum Gasteiger partial charge on any atom is 0.452 e. The molecule has 0 N–H and O–H groups in total. The van der Waals surface area contributed by atoms with E-state index >= 15 is 0 Å². The molecule has 0 radical (unpaired) electrons. The van der Waals surface area contributed by atoms with Gasteiger partial charge >= 0.3 is 6.18 Å². The summed E-state index contributed by atoms with van der Waals surface area (Å²) in [5.74, 6) is -1.18. The highest BCUT2D eigenvalue weighted by Crippen LogP contribution is 2.38. The number of carbonyl (C=O) groups excluding carboxylic acids is 1. The lowest BCUT2D eigenvalue weighted by Gasteiger charge is -2.21. The van der Waals surface area contributed by atoms with Gasteiger partial charge in [-0.25, -0.2) is 0 Å². The smallest absolute Gasteiger partial charge is 0.351 e. The number of alkyl halides is 3. The van der Waals surface area contributed by atoms with Crippen molar-refractivity contribution < 1.29 is 22.5 Å². The van der Waals surface area contributed by atoms with Crippen LogP contribution in [0.15, 0.2) is 16.7 Å². The first-order valence-corrected chi connectivity index (χ1v) is 9.54. The van der Waals surface area contributed by atoms with E-state index in [4.69, 9.17) is 0 Å². The molecular weight excluding hydrogens is 365 g/mol. The number of rotatable bonds is 8. The highest BCUT2D eigenvalue weighted by atomic mass is 32.1. The molecule has 8 heteroatoms. The molecule has 2 aromatic heterocycles. The van der Waals surface area contributed by atoms with Gasteiger partial charge in [0.25, 0.3) is 5.91 Å². The van der Waals surface area contributed by atoms with Crippen LogP contribution in [0.1, 0.15) is 60.5 Å². The van der Waals surface area contributed by atoms with Crippen molar-refractivity contribution in [3.05, 3.63) is 28.3 Å². The molecule has 0 unspecified atom stereocenters. The van der Waals surface area contributed by atoms with Gasteiger partial charge < -0.3 is 9.42 Å². The van der Waals surface area contributed by atoms with Gasteiger partial charge in [0.1, 0.15) is 5.69 Å². The number of nitrogens with zero attached hydrogens (tertiary/aromatic N) is 2. The van der Waals surface area contributed by atoms with Crippen molar-refractivity contribution in [2.45, 2.75) is 52.6 Å². The van der Waals surface area contributed by atoms with Gasteiger partial charge in [0, 0.05) is 18.7 Å². The molecule has 0 aliphatic rings. The SMILES string of the molecule is CCCCCN(CCC)C(=O)c1ccc(-c2noc(C(F)(F)F)c2C)s1. The Morgan fingerprint density at radius 1 is 1.19 bits per heavy atom. The van der Waals surface area contributed by atoms with E-state index in [0.717, 1.165) is 37.0 Å². The van der Waals surface area contributed by atoms with Crippen molar-refractivity contribution in [3.8, 4) is 10.6 Å². The first-order valence-electron chi connectivity index (χ1n) is 8.72. The second-order valence-corrected chi connectivity index (χ2v) is 7.23. The van der Waals surface area contributed by atoms with Crippen LogP contribution in [0.25, 0.3) is 10.6 Å². The van der Waals surface area contributed by atoms with Gasteiger partial charge in [-0.3, -0.25) is 4.79 Å². The van der Waals surface area contributed by atoms with Gasteiger partial charge in [-0.15, -0.1) is 11.3 Å². The van der Waals surface area contributed by atoms with E-state index in [-0.39, 0.29) is 17.2 Å². The summed E-state index contributed by atoms with van der Waals surface area (Å²) in [7, 11) is 0. The molecule has 4 nitrogen and oxygen atoms in total. The Bertz CT molecular complexity index is 737. The Hall–Kier alpha value is -1.83. The molecule has 1 amide bonds. The lowest BCUT2D eigenvalue weighted by Crippen LogP contribution is -2.32. The number of hydrogen-bond donors (Lipinski definition) is 0. The van der Waals surface area contributed by atoms with Gasteiger partial charge in [0.2, 0.25) is 5.76 Å². The van der Waals surface area contributed by atoms with Crippen molar-refractivity contribution in [1.29, 1.82) is 0 Å². The van der Waals surface area contributed by atoms with Gasteiger partial charge in [-0.2, -0.15) is 13.2 Å². The quantitative estimate of drug-likeness (QED) is 0.539. The largest absolute Gasteiger partial charge is 0.452 e. The second-order valence-electron chi connectivity index (χ2n) is 6.15. The molecule has 26 heavy (non-hydrogen) atoms. The Morgan fingerprint density at radius 2 is 1.92 bits per heavy atom. The van der Waals surface area contributed by atoms with Crippen molar-refractivity contribution >= 4 is 17.2 Å². The van der Waals surface area contributed by atoms with Crippen molar-refractivity contribution in [2.75, 3.05) is 13.1 Å². The number of halogens is 3. The van der Waals surface area contributed by atoms with Crippen LogP contribution >= 0.6 is 11.3 Å². The third-order valence-electron chi connectivity index (χ3n) is 4.04. The zero-order valence-electron chi connectivity index (χ0n) is 15.2. The third-order valence-corrected chi connectivity index (χ3v) is 5.12. The molecule has 0 bridgehead atoms. The fourth-order valence-corrected chi connectivity index (χ4v) is 3.72. The van der Waals surface area contributed by atoms with Gasteiger partial charge in [0.15, 0.2) is 0 Å². The Balaban J connectivity index is 2.20. The third kappa shape index (κ3) is 4.66. The predicted octanol–water partition coefficient (Wildman–Crippen LogP) is 5.77. The van der Waals surface area contributed by atoms with Crippen LogP contribution in [0.4, 0.5) is 13.2 Å². The lowest BCUT2D eigenvalue weighted by atomic mass is 10.2. The van der Waals surface area contributed by atoms with Crippen molar-refractivity contribution in [1.82, 2.24) is 10.1 Å². The van der Waals surface area contributed by atoms with Gasteiger partial charge in [-0.05, 0) is 31.9 Å². The molecule has 0 aliphatic heterocycles. The molecule has 0 saturated carbocycles. The maximum atomic E-state index is 12.9. The summed E-state index contributed by atoms with van der Waals surface area (Å²) < 4.78 is 43.0. The van der Waals surface area contributed by atoms with E-state index in [0.29, 0.717) is 22.8 Å². The van der Waals surface area contributed by atoms with E-state index in [1.54, 1.807) is 12.1 Å².